The molecule has 1 fully saturated rings. The maximum Gasteiger partial charge on any atom is 0.252 e. The molecular formula is C22H27N3O2S. The molecule has 0 bridgehead atoms. The molecule has 5 nitrogen and oxygen atoms in total. The summed E-state index contributed by atoms with van der Waals surface area (Å²) in [5, 5.41) is 9.30. The summed E-state index contributed by atoms with van der Waals surface area (Å²) in [5.41, 5.74) is 2.55. The lowest BCUT2D eigenvalue weighted by atomic mass is 10.00. The van der Waals surface area contributed by atoms with Crippen molar-refractivity contribution in [3.63, 3.8) is 0 Å². The number of anilines is 1. The number of benzene rings is 2. The minimum absolute atomic E-state index is 0.0763. The molecule has 1 heterocycles. The van der Waals surface area contributed by atoms with Crippen LogP contribution >= 0.6 is 11.8 Å². The van der Waals surface area contributed by atoms with E-state index in [4.69, 9.17) is 0 Å². The third-order valence-electron chi connectivity index (χ3n) is 4.78. The van der Waals surface area contributed by atoms with Crippen molar-refractivity contribution in [1.82, 2.24) is 10.6 Å². The molecule has 2 aromatic carbocycles. The molecule has 0 spiro atoms. The maximum absolute atomic E-state index is 12.6. The Labute approximate surface area is 170 Å². The first-order valence-corrected chi connectivity index (χ1v) is 10.7. The first-order valence-electron chi connectivity index (χ1n) is 9.69. The zero-order chi connectivity index (χ0) is 19.8. The van der Waals surface area contributed by atoms with Crippen LogP contribution in [0.1, 0.15) is 28.8 Å². The topological polar surface area (TPSA) is 70.2 Å². The Morgan fingerprint density at radius 1 is 1.14 bits per heavy atom. The molecule has 28 heavy (non-hydrogen) atoms. The molecule has 1 saturated heterocycles. The summed E-state index contributed by atoms with van der Waals surface area (Å²) < 4.78 is 0. The molecule has 148 valence electrons. The fourth-order valence-electron chi connectivity index (χ4n) is 3.19. The number of piperidine rings is 1. The third-order valence-corrected chi connectivity index (χ3v) is 5.85. The SMILES string of the molecule is Cc1ccc(NC(=O)CSc2ccccc2C(=O)NCC2CCCNC2)cc1. The van der Waals surface area contributed by atoms with E-state index in [0.717, 1.165) is 42.1 Å². The van der Waals surface area contributed by atoms with Gasteiger partial charge in [0.05, 0.1) is 11.3 Å². The molecular weight excluding hydrogens is 370 g/mol. The smallest absolute Gasteiger partial charge is 0.252 e. The summed E-state index contributed by atoms with van der Waals surface area (Å²) in [4.78, 5) is 25.7. The Bertz CT molecular complexity index is 802. The zero-order valence-electron chi connectivity index (χ0n) is 16.2. The van der Waals surface area contributed by atoms with Gasteiger partial charge in [0.2, 0.25) is 5.91 Å². The van der Waals surface area contributed by atoms with Gasteiger partial charge in [0.25, 0.3) is 5.91 Å². The Balaban J connectivity index is 1.53. The Hall–Kier alpha value is -2.31. The number of carbonyl (C=O) groups excluding carboxylic acids is 2. The summed E-state index contributed by atoms with van der Waals surface area (Å²) in [7, 11) is 0. The predicted octanol–water partition coefficient (Wildman–Crippen LogP) is 3.46. The van der Waals surface area contributed by atoms with Gasteiger partial charge in [-0.05, 0) is 63.0 Å². The quantitative estimate of drug-likeness (QED) is 0.626. The number of hydrogen-bond donors (Lipinski definition) is 3. The molecule has 1 unspecified atom stereocenters. The molecule has 0 aliphatic carbocycles. The number of hydrogen-bond acceptors (Lipinski definition) is 4. The van der Waals surface area contributed by atoms with Gasteiger partial charge in [-0.2, -0.15) is 0 Å². The second kappa shape index (κ2) is 10.3. The lowest BCUT2D eigenvalue weighted by molar-refractivity contribution is -0.113. The van der Waals surface area contributed by atoms with E-state index in [1.807, 2.05) is 55.5 Å². The van der Waals surface area contributed by atoms with Gasteiger partial charge in [0.15, 0.2) is 0 Å². The van der Waals surface area contributed by atoms with E-state index in [1.54, 1.807) is 0 Å². The van der Waals surface area contributed by atoms with Crippen LogP contribution in [0.4, 0.5) is 5.69 Å². The van der Waals surface area contributed by atoms with E-state index in [1.165, 1.54) is 11.8 Å². The van der Waals surface area contributed by atoms with Gasteiger partial charge in [-0.25, -0.2) is 0 Å². The molecule has 2 aromatic rings. The minimum atomic E-state index is -0.0858. The monoisotopic (exact) mass is 397 g/mol. The highest BCUT2D eigenvalue weighted by Crippen LogP contribution is 2.23. The number of amides is 2. The third kappa shape index (κ3) is 6.11. The van der Waals surface area contributed by atoms with Crippen molar-refractivity contribution in [2.45, 2.75) is 24.7 Å². The molecule has 1 atom stereocenters. The summed E-state index contributed by atoms with van der Waals surface area (Å²) in [6.45, 7) is 4.71. The van der Waals surface area contributed by atoms with E-state index in [9.17, 15) is 9.59 Å². The fraction of sp³-hybridized carbons (Fsp3) is 0.364. The van der Waals surface area contributed by atoms with E-state index in [0.29, 0.717) is 18.0 Å². The molecule has 6 heteroatoms. The van der Waals surface area contributed by atoms with Gasteiger partial charge in [-0.1, -0.05) is 29.8 Å². The molecule has 2 amide bonds. The van der Waals surface area contributed by atoms with Crippen molar-refractivity contribution in [2.24, 2.45) is 5.92 Å². The molecule has 0 radical (unpaired) electrons. The second-order valence-corrected chi connectivity index (χ2v) is 8.14. The van der Waals surface area contributed by atoms with Gasteiger partial charge < -0.3 is 16.0 Å². The van der Waals surface area contributed by atoms with Crippen molar-refractivity contribution >= 4 is 29.3 Å². The lowest BCUT2D eigenvalue weighted by Gasteiger charge is -2.23. The van der Waals surface area contributed by atoms with Crippen LogP contribution in [0.25, 0.3) is 0 Å². The standard InChI is InChI=1S/C22H27N3O2S/c1-16-8-10-18(11-9-16)25-21(26)15-28-20-7-3-2-6-19(20)22(27)24-14-17-5-4-12-23-13-17/h2-3,6-11,17,23H,4-5,12-15H2,1H3,(H,24,27)(H,25,26). The lowest BCUT2D eigenvalue weighted by Crippen LogP contribution is -2.38. The van der Waals surface area contributed by atoms with E-state index >= 15 is 0 Å². The van der Waals surface area contributed by atoms with E-state index in [2.05, 4.69) is 16.0 Å². The van der Waals surface area contributed by atoms with Gasteiger partial charge in [-0.3, -0.25) is 9.59 Å². The van der Waals surface area contributed by atoms with E-state index < -0.39 is 0 Å². The van der Waals surface area contributed by atoms with Crippen molar-refractivity contribution in [2.75, 3.05) is 30.7 Å². The molecule has 1 aliphatic rings. The van der Waals surface area contributed by atoms with Crippen molar-refractivity contribution < 1.29 is 9.59 Å². The fourth-order valence-corrected chi connectivity index (χ4v) is 4.04. The largest absolute Gasteiger partial charge is 0.352 e. The highest BCUT2D eigenvalue weighted by atomic mass is 32.2. The van der Waals surface area contributed by atoms with Gasteiger partial charge in [0, 0.05) is 17.1 Å². The van der Waals surface area contributed by atoms with Crippen LogP contribution in [0.3, 0.4) is 0 Å². The summed E-state index contributed by atoms with van der Waals surface area (Å²) in [5.74, 6) is 0.577. The Morgan fingerprint density at radius 3 is 2.68 bits per heavy atom. The number of nitrogens with one attached hydrogen (secondary N) is 3. The predicted molar refractivity (Wildman–Crippen MR) is 115 cm³/mol. The highest BCUT2D eigenvalue weighted by Gasteiger charge is 2.16. The minimum Gasteiger partial charge on any atom is -0.352 e. The Kier molecular flexibility index (Phi) is 7.51. The average molecular weight is 398 g/mol. The number of thioether (sulfide) groups is 1. The van der Waals surface area contributed by atoms with E-state index in [-0.39, 0.29) is 17.6 Å². The van der Waals surface area contributed by atoms with Crippen LogP contribution in [-0.2, 0) is 4.79 Å². The van der Waals surface area contributed by atoms with Crippen LogP contribution < -0.4 is 16.0 Å². The summed E-state index contributed by atoms with van der Waals surface area (Å²) >= 11 is 1.38. The van der Waals surface area contributed by atoms with Gasteiger partial charge in [-0.15, -0.1) is 11.8 Å². The first-order chi connectivity index (χ1) is 13.6. The highest BCUT2D eigenvalue weighted by molar-refractivity contribution is 8.00. The number of carbonyl (C=O) groups is 2. The summed E-state index contributed by atoms with van der Waals surface area (Å²) in [6.07, 6.45) is 2.30. The molecule has 3 rings (SSSR count). The number of rotatable bonds is 7. The normalized spacial score (nSPS) is 16.4. The van der Waals surface area contributed by atoms with Crippen LogP contribution in [0.5, 0.6) is 0 Å². The average Bonchev–Trinajstić information content (AvgIpc) is 2.73. The van der Waals surface area contributed by atoms with Crippen LogP contribution in [0.15, 0.2) is 53.4 Å². The van der Waals surface area contributed by atoms with Gasteiger partial charge in [0.1, 0.15) is 0 Å². The van der Waals surface area contributed by atoms with Crippen molar-refractivity contribution in [1.29, 1.82) is 0 Å². The molecule has 0 saturated carbocycles. The first kappa shape index (κ1) is 20.4. The van der Waals surface area contributed by atoms with Crippen molar-refractivity contribution in [3.8, 4) is 0 Å². The van der Waals surface area contributed by atoms with Crippen molar-refractivity contribution in [3.05, 3.63) is 59.7 Å². The van der Waals surface area contributed by atoms with Crippen LogP contribution in [0.2, 0.25) is 0 Å². The molecule has 0 aromatic heterocycles. The Morgan fingerprint density at radius 2 is 1.93 bits per heavy atom. The van der Waals surface area contributed by atoms with Gasteiger partial charge >= 0.3 is 0 Å². The maximum atomic E-state index is 12.6. The van der Waals surface area contributed by atoms with Crippen LogP contribution in [-0.4, -0.2) is 37.2 Å². The zero-order valence-corrected chi connectivity index (χ0v) is 17.0. The van der Waals surface area contributed by atoms with Crippen LogP contribution in [0, 0.1) is 12.8 Å². The second-order valence-electron chi connectivity index (χ2n) is 7.12. The molecule has 3 N–H and O–H groups in total. The number of aryl methyl sites for hydroxylation is 1. The molecule has 1 aliphatic heterocycles. The summed E-state index contributed by atoms with van der Waals surface area (Å²) in [6, 6.07) is 15.2.